The average Bonchev–Trinajstić information content (AvgIpc) is 2.73. The van der Waals surface area contributed by atoms with Gasteiger partial charge >= 0.3 is 0 Å². The molecular weight excluding hydrogens is 399 g/mol. The highest BCUT2D eigenvalue weighted by Gasteiger charge is 2.16. The van der Waals surface area contributed by atoms with E-state index in [9.17, 15) is 18.8 Å². The van der Waals surface area contributed by atoms with Crippen molar-refractivity contribution in [2.75, 3.05) is 0 Å². The number of carbonyl (C=O) groups excluding carboxylic acids is 2. The van der Waals surface area contributed by atoms with Crippen molar-refractivity contribution in [3.63, 3.8) is 0 Å². The van der Waals surface area contributed by atoms with Crippen LogP contribution in [0.2, 0.25) is 5.02 Å². The van der Waals surface area contributed by atoms with Crippen molar-refractivity contribution in [1.82, 2.24) is 20.6 Å². The predicted octanol–water partition coefficient (Wildman–Crippen LogP) is 2.68. The maximum absolute atomic E-state index is 13.1. The van der Waals surface area contributed by atoms with E-state index in [0.29, 0.717) is 22.9 Å². The summed E-state index contributed by atoms with van der Waals surface area (Å²) < 4.78 is 14.3. The molecule has 1 heterocycles. The molecule has 0 bridgehead atoms. The number of benzene rings is 2. The molecule has 29 heavy (non-hydrogen) atoms. The Morgan fingerprint density at radius 1 is 1.17 bits per heavy atom. The number of hydrogen-bond donors (Lipinski definition) is 2. The monoisotopic (exact) mass is 414 g/mol. The third-order valence-electron chi connectivity index (χ3n) is 4.05. The minimum atomic E-state index is -0.671. The van der Waals surface area contributed by atoms with Gasteiger partial charge in [0.1, 0.15) is 5.82 Å². The highest BCUT2D eigenvalue weighted by Crippen LogP contribution is 2.17. The van der Waals surface area contributed by atoms with Crippen LogP contribution in [-0.4, -0.2) is 21.6 Å². The van der Waals surface area contributed by atoms with E-state index in [0.717, 1.165) is 6.08 Å². The van der Waals surface area contributed by atoms with E-state index >= 15 is 0 Å². The van der Waals surface area contributed by atoms with Gasteiger partial charge in [0.25, 0.3) is 17.4 Å². The summed E-state index contributed by atoms with van der Waals surface area (Å²) in [5.74, 6) is -1.85. The molecule has 3 aromatic rings. The summed E-state index contributed by atoms with van der Waals surface area (Å²) in [4.78, 5) is 36.8. The van der Waals surface area contributed by atoms with Gasteiger partial charge in [-0.15, -0.1) is 0 Å². The molecule has 0 aliphatic carbocycles. The highest BCUT2D eigenvalue weighted by atomic mass is 35.5. The van der Waals surface area contributed by atoms with Crippen molar-refractivity contribution in [1.29, 1.82) is 0 Å². The average molecular weight is 415 g/mol. The first-order valence-corrected chi connectivity index (χ1v) is 9.01. The highest BCUT2D eigenvalue weighted by molar-refractivity contribution is 6.30. The summed E-state index contributed by atoms with van der Waals surface area (Å²) >= 11 is 5.69. The van der Waals surface area contributed by atoms with Crippen LogP contribution >= 0.6 is 11.6 Å². The van der Waals surface area contributed by atoms with Gasteiger partial charge in [0, 0.05) is 18.0 Å². The molecule has 0 atom stereocenters. The number of aromatic nitrogens is 2. The molecule has 148 valence electrons. The summed E-state index contributed by atoms with van der Waals surface area (Å²) in [5.41, 5.74) is 4.72. The molecule has 0 saturated heterocycles. The number of fused-ring (bicyclic) bond motifs is 1. The number of amides is 2. The van der Waals surface area contributed by atoms with Crippen LogP contribution in [0.25, 0.3) is 16.8 Å². The number of halogens is 2. The molecule has 0 spiro atoms. The quantitative estimate of drug-likeness (QED) is 0.507. The van der Waals surface area contributed by atoms with E-state index in [1.54, 1.807) is 31.2 Å². The maximum atomic E-state index is 13.1. The molecule has 0 unspecified atom stereocenters. The second-order valence-electron chi connectivity index (χ2n) is 5.97. The zero-order valence-corrected chi connectivity index (χ0v) is 16.0. The lowest BCUT2D eigenvalue weighted by molar-refractivity contribution is -0.117. The molecule has 9 heteroatoms. The molecule has 0 aliphatic heterocycles. The Balaban J connectivity index is 1.74. The van der Waals surface area contributed by atoms with Crippen LogP contribution in [0.3, 0.4) is 0 Å². The Hall–Kier alpha value is -3.52. The first-order valence-electron chi connectivity index (χ1n) is 8.64. The van der Waals surface area contributed by atoms with E-state index < -0.39 is 17.6 Å². The number of aryl methyl sites for hydroxylation is 1. The van der Waals surface area contributed by atoms with Gasteiger partial charge in [0.05, 0.1) is 10.4 Å². The first-order chi connectivity index (χ1) is 13.9. The van der Waals surface area contributed by atoms with Crippen LogP contribution in [0.5, 0.6) is 0 Å². The van der Waals surface area contributed by atoms with Crippen molar-refractivity contribution >= 4 is 40.3 Å². The second kappa shape index (κ2) is 8.66. The molecule has 2 N–H and O–H groups in total. The number of hydrogen-bond acceptors (Lipinski definition) is 4. The van der Waals surface area contributed by atoms with Gasteiger partial charge in [-0.25, -0.2) is 9.07 Å². The normalized spacial score (nSPS) is 11.0. The Morgan fingerprint density at radius 3 is 2.59 bits per heavy atom. The van der Waals surface area contributed by atoms with Crippen LogP contribution in [0.1, 0.15) is 23.0 Å². The van der Waals surface area contributed by atoms with Gasteiger partial charge in [0.15, 0.2) is 5.69 Å². The van der Waals surface area contributed by atoms with Crippen LogP contribution in [0.4, 0.5) is 4.39 Å². The number of nitrogens with one attached hydrogen (secondary N) is 2. The molecule has 1 aromatic heterocycles. The van der Waals surface area contributed by atoms with Gasteiger partial charge < -0.3 is 0 Å². The Kier molecular flexibility index (Phi) is 6.04. The van der Waals surface area contributed by atoms with E-state index in [4.69, 9.17) is 11.6 Å². The first kappa shape index (κ1) is 20.2. The zero-order chi connectivity index (χ0) is 21.0. The fraction of sp³-hybridized carbons (Fsp3) is 0.100. The number of carbonyl (C=O) groups is 2. The van der Waals surface area contributed by atoms with Crippen molar-refractivity contribution in [2.45, 2.75) is 13.5 Å². The summed E-state index contributed by atoms with van der Waals surface area (Å²) in [6.45, 7) is 2.03. The topological polar surface area (TPSA) is 93.1 Å². The van der Waals surface area contributed by atoms with Crippen molar-refractivity contribution in [3.8, 4) is 0 Å². The van der Waals surface area contributed by atoms with Gasteiger partial charge in [-0.3, -0.25) is 25.2 Å². The van der Waals surface area contributed by atoms with Crippen LogP contribution in [0.15, 0.2) is 53.3 Å². The Morgan fingerprint density at radius 2 is 1.90 bits per heavy atom. The Bertz CT molecular complexity index is 1190. The van der Waals surface area contributed by atoms with Crippen molar-refractivity contribution < 1.29 is 14.0 Å². The predicted molar refractivity (Wildman–Crippen MR) is 108 cm³/mol. The van der Waals surface area contributed by atoms with E-state index in [1.165, 1.54) is 29.0 Å². The lowest BCUT2D eigenvalue weighted by Crippen LogP contribution is -2.42. The van der Waals surface area contributed by atoms with Crippen LogP contribution < -0.4 is 16.4 Å². The lowest BCUT2D eigenvalue weighted by Gasteiger charge is -2.10. The summed E-state index contributed by atoms with van der Waals surface area (Å²) in [7, 11) is 0. The fourth-order valence-corrected chi connectivity index (χ4v) is 2.81. The van der Waals surface area contributed by atoms with Crippen molar-refractivity contribution in [3.05, 3.63) is 81.0 Å². The summed E-state index contributed by atoms with van der Waals surface area (Å²) in [6.07, 6.45) is 2.57. The molecule has 0 saturated carbocycles. The van der Waals surface area contributed by atoms with Crippen molar-refractivity contribution in [2.24, 2.45) is 0 Å². The fourth-order valence-electron chi connectivity index (χ4n) is 2.62. The van der Waals surface area contributed by atoms with E-state index in [1.807, 2.05) is 0 Å². The molecule has 2 aromatic carbocycles. The minimum absolute atomic E-state index is 0.0108. The number of nitrogens with zero attached hydrogens (tertiary/aromatic N) is 2. The molecular formula is C20H16ClFN4O3. The lowest BCUT2D eigenvalue weighted by atomic mass is 10.1. The van der Waals surface area contributed by atoms with Gasteiger partial charge in [-0.05, 0) is 36.8 Å². The van der Waals surface area contributed by atoms with Gasteiger partial charge in [-0.1, -0.05) is 35.9 Å². The third-order valence-corrected chi connectivity index (χ3v) is 4.34. The standard InChI is InChI=1S/C20H16ClFN4O3/c1-2-26-20(29)14-6-4-3-5-13(14)18(25-26)19(28)24-23-17(27)10-8-12-7-9-16(22)15(21)11-12/h3-11H,2H2,1H3,(H,23,27)(H,24,28)/b10-8+. The van der Waals surface area contributed by atoms with Gasteiger partial charge in [-0.2, -0.15) is 5.10 Å². The van der Waals surface area contributed by atoms with Crippen LogP contribution in [-0.2, 0) is 11.3 Å². The van der Waals surface area contributed by atoms with Crippen LogP contribution in [0, 0.1) is 5.82 Å². The molecule has 0 fully saturated rings. The summed E-state index contributed by atoms with van der Waals surface area (Å²) in [6, 6.07) is 10.6. The van der Waals surface area contributed by atoms with E-state index in [2.05, 4.69) is 16.0 Å². The summed E-state index contributed by atoms with van der Waals surface area (Å²) in [5, 5.41) is 4.75. The maximum Gasteiger partial charge on any atom is 0.290 e. The number of rotatable bonds is 4. The SMILES string of the molecule is CCn1nc(C(=O)NNC(=O)/C=C/c2ccc(F)c(Cl)c2)c2ccccc2c1=O. The molecule has 3 rings (SSSR count). The van der Waals surface area contributed by atoms with E-state index in [-0.39, 0.29) is 16.3 Å². The largest absolute Gasteiger partial charge is 0.290 e. The zero-order valence-electron chi connectivity index (χ0n) is 15.3. The second-order valence-corrected chi connectivity index (χ2v) is 6.37. The minimum Gasteiger partial charge on any atom is -0.268 e. The smallest absolute Gasteiger partial charge is 0.268 e. The van der Waals surface area contributed by atoms with Gasteiger partial charge in [0.2, 0.25) is 0 Å². The molecule has 2 amide bonds. The molecule has 0 radical (unpaired) electrons. The Labute approximate surface area is 169 Å². The molecule has 7 nitrogen and oxygen atoms in total. The number of hydrazine groups is 1. The third kappa shape index (κ3) is 4.49. The molecule has 0 aliphatic rings.